The molecule has 8 heteroatoms. The molecule has 1 unspecified atom stereocenters. The zero-order chi connectivity index (χ0) is 17.3. The third-order valence-electron chi connectivity index (χ3n) is 3.63. The molecule has 1 N–H and O–H groups in total. The van der Waals surface area contributed by atoms with E-state index in [1.54, 1.807) is 24.3 Å². The Morgan fingerprint density at radius 1 is 1.17 bits per heavy atom. The first-order valence-corrected chi connectivity index (χ1v) is 7.47. The van der Waals surface area contributed by atoms with E-state index in [9.17, 15) is 19.7 Å². The summed E-state index contributed by atoms with van der Waals surface area (Å²) in [6, 6.07) is 11.4. The van der Waals surface area contributed by atoms with Crippen molar-refractivity contribution in [2.24, 2.45) is 0 Å². The predicted octanol–water partition coefficient (Wildman–Crippen LogP) is 2.99. The number of nitro benzene ring substituents is 1. The SMILES string of the molecule is O=C1CC(Nc2ccc([N+](=O)[O-])cc2)C(=O)N1c1cccc(Cl)c1. The van der Waals surface area contributed by atoms with Gasteiger partial charge in [-0.1, -0.05) is 17.7 Å². The first-order valence-electron chi connectivity index (χ1n) is 7.09. The Hall–Kier alpha value is -2.93. The molecule has 3 rings (SSSR count). The van der Waals surface area contributed by atoms with Crippen LogP contribution in [0.25, 0.3) is 0 Å². The largest absolute Gasteiger partial charge is 0.373 e. The highest BCUT2D eigenvalue weighted by molar-refractivity contribution is 6.31. The van der Waals surface area contributed by atoms with E-state index >= 15 is 0 Å². The van der Waals surface area contributed by atoms with Gasteiger partial charge >= 0.3 is 0 Å². The van der Waals surface area contributed by atoms with Crippen molar-refractivity contribution < 1.29 is 14.5 Å². The fourth-order valence-electron chi connectivity index (χ4n) is 2.51. The van der Waals surface area contributed by atoms with Crippen LogP contribution in [0.2, 0.25) is 5.02 Å². The van der Waals surface area contributed by atoms with E-state index in [0.29, 0.717) is 16.4 Å². The van der Waals surface area contributed by atoms with Crippen LogP contribution in [0.5, 0.6) is 0 Å². The van der Waals surface area contributed by atoms with Gasteiger partial charge in [0.05, 0.1) is 17.0 Å². The van der Waals surface area contributed by atoms with Crippen LogP contribution in [0.3, 0.4) is 0 Å². The van der Waals surface area contributed by atoms with Crippen molar-refractivity contribution in [2.45, 2.75) is 12.5 Å². The lowest BCUT2D eigenvalue weighted by Crippen LogP contribution is -2.34. The minimum atomic E-state index is -0.724. The number of amides is 2. The number of nitrogens with zero attached hydrogens (tertiary/aromatic N) is 2. The van der Waals surface area contributed by atoms with Crippen LogP contribution in [0, 0.1) is 10.1 Å². The first kappa shape index (κ1) is 15.9. The van der Waals surface area contributed by atoms with E-state index in [-0.39, 0.29) is 23.9 Å². The van der Waals surface area contributed by atoms with Crippen molar-refractivity contribution in [1.82, 2.24) is 0 Å². The molecule has 1 fully saturated rings. The van der Waals surface area contributed by atoms with Gasteiger partial charge in [0.1, 0.15) is 6.04 Å². The van der Waals surface area contributed by atoms with Crippen molar-refractivity contribution in [1.29, 1.82) is 0 Å². The third kappa shape index (κ3) is 3.07. The summed E-state index contributed by atoms with van der Waals surface area (Å²) in [7, 11) is 0. The second-order valence-electron chi connectivity index (χ2n) is 5.25. The molecule has 0 spiro atoms. The molecule has 1 atom stereocenters. The number of rotatable bonds is 4. The summed E-state index contributed by atoms with van der Waals surface area (Å²) in [5.41, 5.74) is 0.903. The summed E-state index contributed by atoms with van der Waals surface area (Å²) in [6.07, 6.45) is 0.00232. The highest BCUT2D eigenvalue weighted by Gasteiger charge is 2.39. The van der Waals surface area contributed by atoms with Gasteiger partial charge in [0.25, 0.3) is 11.6 Å². The Morgan fingerprint density at radius 3 is 2.50 bits per heavy atom. The molecule has 1 aliphatic rings. The van der Waals surface area contributed by atoms with Crippen molar-refractivity contribution >= 4 is 40.5 Å². The fourth-order valence-corrected chi connectivity index (χ4v) is 2.70. The van der Waals surface area contributed by atoms with E-state index in [0.717, 1.165) is 4.90 Å². The molecule has 0 aliphatic carbocycles. The number of nitro groups is 1. The lowest BCUT2D eigenvalue weighted by Gasteiger charge is -2.16. The Labute approximate surface area is 142 Å². The molecular formula is C16H12ClN3O4. The molecule has 1 saturated heterocycles. The number of carbonyl (C=O) groups is 2. The fraction of sp³-hybridized carbons (Fsp3) is 0.125. The number of carbonyl (C=O) groups excluding carboxylic acids is 2. The van der Waals surface area contributed by atoms with E-state index in [1.165, 1.54) is 24.3 Å². The van der Waals surface area contributed by atoms with Crippen LogP contribution in [0.1, 0.15) is 6.42 Å². The van der Waals surface area contributed by atoms with E-state index in [2.05, 4.69) is 5.32 Å². The molecule has 0 saturated carbocycles. The molecule has 1 heterocycles. The Bertz CT molecular complexity index is 822. The average Bonchev–Trinajstić information content (AvgIpc) is 2.82. The Kier molecular flexibility index (Phi) is 4.18. The molecule has 0 bridgehead atoms. The van der Waals surface area contributed by atoms with Gasteiger partial charge in [0.15, 0.2) is 0 Å². The van der Waals surface area contributed by atoms with Crippen LogP contribution in [-0.4, -0.2) is 22.8 Å². The van der Waals surface area contributed by atoms with Gasteiger partial charge < -0.3 is 5.32 Å². The van der Waals surface area contributed by atoms with Crippen LogP contribution in [0.15, 0.2) is 48.5 Å². The third-order valence-corrected chi connectivity index (χ3v) is 3.87. The molecule has 2 aromatic carbocycles. The molecule has 24 heavy (non-hydrogen) atoms. The van der Waals surface area contributed by atoms with Gasteiger partial charge in [0, 0.05) is 22.8 Å². The number of benzene rings is 2. The van der Waals surface area contributed by atoms with Gasteiger partial charge in [0.2, 0.25) is 5.91 Å². The lowest BCUT2D eigenvalue weighted by molar-refractivity contribution is -0.384. The molecule has 2 aromatic rings. The predicted molar refractivity (Wildman–Crippen MR) is 89.1 cm³/mol. The molecule has 7 nitrogen and oxygen atoms in total. The maximum atomic E-state index is 12.5. The van der Waals surface area contributed by atoms with E-state index < -0.39 is 11.0 Å². The second kappa shape index (κ2) is 6.29. The van der Waals surface area contributed by atoms with Crippen molar-refractivity contribution in [2.75, 3.05) is 10.2 Å². The number of hydrogen-bond acceptors (Lipinski definition) is 5. The van der Waals surface area contributed by atoms with Gasteiger partial charge in [-0.3, -0.25) is 19.7 Å². The van der Waals surface area contributed by atoms with Crippen LogP contribution in [0.4, 0.5) is 17.1 Å². The first-order chi connectivity index (χ1) is 11.5. The normalized spacial score (nSPS) is 17.2. The number of imide groups is 1. The summed E-state index contributed by atoms with van der Waals surface area (Å²) >= 11 is 5.91. The molecule has 0 radical (unpaired) electrons. The van der Waals surface area contributed by atoms with Gasteiger partial charge in [-0.25, -0.2) is 4.90 Å². The molecule has 122 valence electrons. The molecule has 2 amide bonds. The van der Waals surface area contributed by atoms with Gasteiger partial charge in [-0.05, 0) is 30.3 Å². The minimum Gasteiger partial charge on any atom is -0.373 e. The highest BCUT2D eigenvalue weighted by Crippen LogP contribution is 2.27. The van der Waals surface area contributed by atoms with Crippen molar-refractivity contribution in [3.63, 3.8) is 0 Å². The molecule has 0 aromatic heterocycles. The zero-order valence-electron chi connectivity index (χ0n) is 12.3. The van der Waals surface area contributed by atoms with Gasteiger partial charge in [-0.2, -0.15) is 0 Å². The maximum absolute atomic E-state index is 12.5. The molecule has 1 aliphatic heterocycles. The van der Waals surface area contributed by atoms with Crippen molar-refractivity contribution in [3.05, 3.63) is 63.7 Å². The summed E-state index contributed by atoms with van der Waals surface area (Å²) in [5, 5.41) is 14.0. The summed E-state index contributed by atoms with van der Waals surface area (Å²) < 4.78 is 0. The number of hydrogen-bond donors (Lipinski definition) is 1. The van der Waals surface area contributed by atoms with E-state index in [1.807, 2.05) is 0 Å². The number of halogens is 1. The van der Waals surface area contributed by atoms with Crippen LogP contribution in [-0.2, 0) is 9.59 Å². The number of nitrogens with one attached hydrogen (secondary N) is 1. The van der Waals surface area contributed by atoms with Crippen LogP contribution < -0.4 is 10.2 Å². The Morgan fingerprint density at radius 2 is 1.88 bits per heavy atom. The van der Waals surface area contributed by atoms with Crippen LogP contribution >= 0.6 is 11.6 Å². The topological polar surface area (TPSA) is 92.5 Å². The number of non-ortho nitro benzene ring substituents is 1. The van der Waals surface area contributed by atoms with Crippen molar-refractivity contribution in [3.8, 4) is 0 Å². The lowest BCUT2D eigenvalue weighted by atomic mass is 10.2. The zero-order valence-corrected chi connectivity index (χ0v) is 13.1. The second-order valence-corrected chi connectivity index (χ2v) is 5.69. The summed E-state index contributed by atoms with van der Waals surface area (Å²) in [5.74, 6) is -0.720. The average molecular weight is 346 g/mol. The minimum absolute atomic E-state index is 0.00232. The Balaban J connectivity index is 1.77. The monoisotopic (exact) mass is 345 g/mol. The number of anilines is 2. The quantitative estimate of drug-likeness (QED) is 0.522. The van der Waals surface area contributed by atoms with E-state index in [4.69, 9.17) is 11.6 Å². The maximum Gasteiger partial charge on any atom is 0.269 e. The highest BCUT2D eigenvalue weighted by atomic mass is 35.5. The summed E-state index contributed by atoms with van der Waals surface area (Å²) in [6.45, 7) is 0. The van der Waals surface area contributed by atoms with Gasteiger partial charge in [-0.15, -0.1) is 0 Å². The standard InChI is InChI=1S/C16H12ClN3O4/c17-10-2-1-3-13(8-10)19-15(21)9-14(16(19)22)18-11-4-6-12(7-5-11)20(23)24/h1-8,14,18H,9H2. The molecular weight excluding hydrogens is 334 g/mol. The summed E-state index contributed by atoms with van der Waals surface area (Å²) in [4.78, 5) is 35.9. The smallest absolute Gasteiger partial charge is 0.269 e.